The van der Waals surface area contributed by atoms with E-state index in [4.69, 9.17) is 21.1 Å². The van der Waals surface area contributed by atoms with Crippen LogP contribution in [0.15, 0.2) is 60.7 Å². The van der Waals surface area contributed by atoms with E-state index in [2.05, 4.69) is 60.1 Å². The molecule has 8 heteroatoms. The minimum atomic E-state index is -1.60. The van der Waals surface area contributed by atoms with Crippen LogP contribution in [0.4, 0.5) is 10.5 Å². The van der Waals surface area contributed by atoms with Crippen LogP contribution in [0.2, 0.25) is 5.02 Å². The van der Waals surface area contributed by atoms with E-state index in [-0.39, 0.29) is 0 Å². The molecule has 1 aliphatic carbocycles. The zero-order valence-electron chi connectivity index (χ0n) is 22.6. The molecule has 0 radical (unpaired) electrons. The Morgan fingerprint density at radius 3 is 2.42 bits per heavy atom. The first-order chi connectivity index (χ1) is 17.9. The minimum absolute atomic E-state index is 0.329. The van der Waals surface area contributed by atoms with E-state index in [0.717, 1.165) is 18.4 Å². The molecule has 0 fully saturated rings. The number of aliphatic hydroxyl groups is 1. The molecular formula is C30H37ClN2O5. The van der Waals surface area contributed by atoms with E-state index in [1.54, 1.807) is 39.0 Å². The van der Waals surface area contributed by atoms with Crippen LogP contribution in [0.25, 0.3) is 5.57 Å². The Bertz CT molecular complexity index is 1200. The zero-order chi connectivity index (χ0) is 27.9. The van der Waals surface area contributed by atoms with Crippen molar-refractivity contribution in [1.29, 1.82) is 0 Å². The molecule has 0 saturated carbocycles. The van der Waals surface area contributed by atoms with Crippen molar-refractivity contribution < 1.29 is 24.2 Å². The van der Waals surface area contributed by atoms with E-state index in [9.17, 15) is 14.7 Å². The number of alkyl carbamates (subject to hydrolysis) is 1. The van der Waals surface area contributed by atoms with Gasteiger partial charge < -0.3 is 25.2 Å². The molecule has 204 valence electrons. The molecule has 7 nitrogen and oxygen atoms in total. The molecule has 0 aromatic heterocycles. The second kappa shape index (κ2) is 12.5. The van der Waals surface area contributed by atoms with Gasteiger partial charge in [0.25, 0.3) is 5.91 Å². The first-order valence-corrected chi connectivity index (χ1v) is 13.1. The molecule has 38 heavy (non-hydrogen) atoms. The van der Waals surface area contributed by atoms with Crippen molar-refractivity contribution in [3.63, 3.8) is 0 Å². The molecule has 1 aliphatic rings. The molecule has 0 aliphatic heterocycles. The Kier molecular flexibility index (Phi) is 9.63. The number of hydrogen-bond acceptors (Lipinski definition) is 5. The molecule has 2 amide bonds. The van der Waals surface area contributed by atoms with Crippen LogP contribution in [0.3, 0.4) is 0 Å². The molecule has 0 saturated heterocycles. The number of carbonyl (C=O) groups is 2. The fourth-order valence-corrected chi connectivity index (χ4v) is 4.17. The number of hydrogen-bond donors (Lipinski definition) is 3. The van der Waals surface area contributed by atoms with Gasteiger partial charge in [0.05, 0.1) is 18.2 Å². The van der Waals surface area contributed by atoms with Crippen molar-refractivity contribution in [1.82, 2.24) is 5.32 Å². The predicted molar refractivity (Wildman–Crippen MR) is 151 cm³/mol. The van der Waals surface area contributed by atoms with Gasteiger partial charge in [-0.05, 0) is 74.9 Å². The maximum absolute atomic E-state index is 12.8. The molecule has 2 atom stereocenters. The second-order valence-electron chi connectivity index (χ2n) is 10.7. The molecule has 3 rings (SSSR count). The largest absolute Gasteiger partial charge is 0.492 e. The highest BCUT2D eigenvalue weighted by Gasteiger charge is 2.36. The maximum atomic E-state index is 12.8. The summed E-state index contributed by atoms with van der Waals surface area (Å²) < 4.78 is 11.1. The van der Waals surface area contributed by atoms with Crippen LogP contribution < -0.4 is 15.4 Å². The number of aliphatic hydroxyl groups excluding tert-OH is 1. The van der Waals surface area contributed by atoms with E-state index in [1.165, 1.54) is 18.1 Å². The predicted octanol–water partition coefficient (Wildman–Crippen LogP) is 6.16. The van der Waals surface area contributed by atoms with Crippen LogP contribution in [0, 0.1) is 5.92 Å². The summed E-state index contributed by atoms with van der Waals surface area (Å²) in [6.07, 6.45) is 7.47. The molecular weight excluding hydrogens is 504 g/mol. The van der Waals surface area contributed by atoms with Crippen molar-refractivity contribution in [2.75, 3.05) is 18.5 Å². The van der Waals surface area contributed by atoms with Crippen LogP contribution in [0.1, 0.15) is 52.2 Å². The lowest BCUT2D eigenvalue weighted by Crippen LogP contribution is -2.58. The van der Waals surface area contributed by atoms with Crippen LogP contribution in [-0.4, -0.2) is 41.5 Å². The molecule has 0 bridgehead atoms. The van der Waals surface area contributed by atoms with Crippen LogP contribution >= 0.6 is 11.6 Å². The first-order valence-electron chi connectivity index (χ1n) is 12.7. The Morgan fingerprint density at radius 2 is 1.82 bits per heavy atom. The fourth-order valence-electron chi connectivity index (χ4n) is 3.93. The van der Waals surface area contributed by atoms with Crippen molar-refractivity contribution in [2.45, 2.75) is 58.6 Å². The van der Waals surface area contributed by atoms with E-state index < -0.39 is 29.7 Å². The minimum Gasteiger partial charge on any atom is -0.492 e. The highest BCUT2D eigenvalue weighted by atomic mass is 35.5. The Hall–Kier alpha value is -3.29. The molecule has 0 heterocycles. The fraction of sp³-hybridized carbons (Fsp3) is 0.400. The average molecular weight is 541 g/mol. The van der Waals surface area contributed by atoms with Gasteiger partial charge in [0.1, 0.15) is 16.9 Å². The summed E-state index contributed by atoms with van der Waals surface area (Å²) in [7, 11) is 0. The number of nitrogens with one attached hydrogen (secondary N) is 2. The smallest absolute Gasteiger partial charge is 0.408 e. The lowest BCUT2D eigenvalue weighted by Gasteiger charge is -2.29. The monoisotopic (exact) mass is 540 g/mol. The molecule has 3 N–H and O–H groups in total. The molecule has 0 spiro atoms. The van der Waals surface area contributed by atoms with Crippen molar-refractivity contribution in [3.05, 3.63) is 76.8 Å². The third kappa shape index (κ3) is 8.10. The van der Waals surface area contributed by atoms with Gasteiger partial charge in [-0.15, -0.1) is 0 Å². The summed E-state index contributed by atoms with van der Waals surface area (Å²) in [4.78, 5) is 24.9. The number of allylic oxidation sites excluding steroid dienone is 4. The Morgan fingerprint density at radius 1 is 1.11 bits per heavy atom. The zero-order valence-corrected chi connectivity index (χ0v) is 23.4. The highest BCUT2D eigenvalue weighted by molar-refractivity contribution is 6.32. The van der Waals surface area contributed by atoms with E-state index >= 15 is 0 Å². The number of amides is 2. The normalized spacial score (nSPS) is 16.7. The standard InChI is InChI=1S/C30H37ClN2O5/c1-20-8-6-7-9-24(20)22-12-10-21(11-13-22)16-17-37-26-15-14-23(18-25(26)31)32-27(35)30(5,19-34)33-28(36)38-29(2,3)4/h6-7,9-15,18,20,34H,8,16-17,19H2,1-5H3,(H,32,35)(H,33,36)/t20?,30-/m0/s1. The topological polar surface area (TPSA) is 96.9 Å². The van der Waals surface area contributed by atoms with E-state index in [0.29, 0.717) is 29.0 Å². The van der Waals surface area contributed by atoms with Gasteiger partial charge in [-0.3, -0.25) is 4.79 Å². The molecule has 2 aromatic rings. The van der Waals surface area contributed by atoms with Gasteiger partial charge in [0.2, 0.25) is 0 Å². The quantitative estimate of drug-likeness (QED) is 0.354. The third-order valence-electron chi connectivity index (χ3n) is 6.15. The van der Waals surface area contributed by atoms with Crippen molar-refractivity contribution >= 4 is 34.9 Å². The van der Waals surface area contributed by atoms with Gasteiger partial charge >= 0.3 is 6.09 Å². The summed E-state index contributed by atoms with van der Waals surface area (Å²) in [5.74, 6) is 0.391. The number of rotatable bonds is 9. The lowest BCUT2D eigenvalue weighted by molar-refractivity contribution is -0.123. The Balaban J connectivity index is 1.54. The number of halogens is 1. The summed E-state index contributed by atoms with van der Waals surface area (Å²) >= 11 is 6.39. The first kappa shape index (κ1) is 29.3. The number of ether oxygens (including phenoxy) is 2. The summed E-state index contributed by atoms with van der Waals surface area (Å²) in [5, 5.41) is 15.2. The lowest BCUT2D eigenvalue weighted by atomic mass is 9.88. The van der Waals surface area contributed by atoms with Gasteiger partial charge in [-0.25, -0.2) is 4.79 Å². The van der Waals surface area contributed by atoms with Gasteiger partial charge in [0.15, 0.2) is 0 Å². The van der Waals surface area contributed by atoms with Crippen LogP contribution in [-0.2, 0) is 16.0 Å². The summed E-state index contributed by atoms with van der Waals surface area (Å²) in [6, 6.07) is 13.4. The Labute approximate surface area is 229 Å². The summed E-state index contributed by atoms with van der Waals surface area (Å²) in [6.45, 7) is 8.58. The second-order valence-corrected chi connectivity index (χ2v) is 11.1. The maximum Gasteiger partial charge on any atom is 0.408 e. The number of anilines is 1. The van der Waals surface area contributed by atoms with Crippen molar-refractivity contribution in [2.24, 2.45) is 5.92 Å². The number of carbonyl (C=O) groups excluding carboxylic acids is 2. The van der Waals surface area contributed by atoms with Gasteiger partial charge in [0, 0.05) is 12.1 Å². The van der Waals surface area contributed by atoms with Gasteiger partial charge in [-0.1, -0.05) is 61.0 Å². The average Bonchev–Trinajstić information content (AvgIpc) is 2.85. The molecule has 2 aromatic carbocycles. The third-order valence-corrected chi connectivity index (χ3v) is 6.45. The van der Waals surface area contributed by atoms with Crippen molar-refractivity contribution in [3.8, 4) is 5.75 Å². The van der Waals surface area contributed by atoms with Crippen LogP contribution in [0.5, 0.6) is 5.75 Å². The number of benzene rings is 2. The van der Waals surface area contributed by atoms with Gasteiger partial charge in [-0.2, -0.15) is 0 Å². The summed E-state index contributed by atoms with van der Waals surface area (Å²) in [5.41, 5.74) is 1.82. The van der Waals surface area contributed by atoms with E-state index in [1.807, 2.05) is 0 Å². The molecule has 1 unspecified atom stereocenters. The highest BCUT2D eigenvalue weighted by Crippen LogP contribution is 2.30. The SMILES string of the molecule is CC1CC=CC=C1c1ccc(CCOc2ccc(NC(=O)[C@](C)(CO)NC(=O)OC(C)(C)C)cc2Cl)cc1.